The van der Waals surface area contributed by atoms with E-state index in [1.165, 1.54) is 18.2 Å². The van der Waals surface area contributed by atoms with Crippen LogP contribution in [0.15, 0.2) is 52.9 Å². The second-order valence-corrected chi connectivity index (χ2v) is 8.97. The summed E-state index contributed by atoms with van der Waals surface area (Å²) in [6.45, 7) is 2.30. The van der Waals surface area contributed by atoms with Crippen LogP contribution in [0.25, 0.3) is 0 Å². The highest BCUT2D eigenvalue weighted by Crippen LogP contribution is 2.49. The number of amides is 1. The zero-order valence-corrected chi connectivity index (χ0v) is 19.0. The van der Waals surface area contributed by atoms with E-state index in [1.54, 1.807) is 24.1 Å². The van der Waals surface area contributed by atoms with Gasteiger partial charge >= 0.3 is 5.88 Å². The number of furan rings is 1. The van der Waals surface area contributed by atoms with Gasteiger partial charge in [0.1, 0.15) is 10.7 Å². The Morgan fingerprint density at radius 3 is 2.54 bits per heavy atom. The lowest BCUT2D eigenvalue weighted by Crippen LogP contribution is -2.45. The Balaban J connectivity index is 1.39. The van der Waals surface area contributed by atoms with Crippen molar-refractivity contribution in [3.05, 3.63) is 87.2 Å². The molecule has 182 valence electrons. The highest BCUT2D eigenvalue weighted by atomic mass is 19.2. The van der Waals surface area contributed by atoms with E-state index in [0.717, 1.165) is 30.2 Å². The van der Waals surface area contributed by atoms with Gasteiger partial charge in [0.25, 0.3) is 5.91 Å². The molecule has 35 heavy (non-hydrogen) atoms. The number of halogens is 2. The lowest BCUT2D eigenvalue weighted by Gasteiger charge is -2.40. The molecule has 2 aromatic carbocycles. The van der Waals surface area contributed by atoms with Crippen molar-refractivity contribution in [1.29, 1.82) is 0 Å². The predicted molar refractivity (Wildman–Crippen MR) is 123 cm³/mol. The minimum absolute atomic E-state index is 0.0914. The van der Waals surface area contributed by atoms with Crippen molar-refractivity contribution in [3.8, 4) is 5.75 Å². The third-order valence-corrected chi connectivity index (χ3v) is 6.96. The van der Waals surface area contributed by atoms with Crippen LogP contribution in [0.1, 0.15) is 34.5 Å². The van der Waals surface area contributed by atoms with Gasteiger partial charge in [-0.15, -0.1) is 0 Å². The van der Waals surface area contributed by atoms with E-state index in [9.17, 15) is 23.7 Å². The lowest BCUT2D eigenvalue weighted by atomic mass is 9.74. The third kappa shape index (κ3) is 4.14. The minimum Gasteiger partial charge on any atom is -0.497 e. The minimum atomic E-state index is -0.866. The molecule has 10 heteroatoms. The van der Waals surface area contributed by atoms with E-state index in [1.807, 2.05) is 12.1 Å². The molecule has 1 fully saturated rings. The molecule has 0 atom stereocenters. The van der Waals surface area contributed by atoms with Crippen molar-refractivity contribution in [2.24, 2.45) is 0 Å². The maximum Gasteiger partial charge on any atom is 0.433 e. The van der Waals surface area contributed by atoms with Crippen LogP contribution in [0, 0.1) is 21.7 Å². The molecule has 3 aromatic rings. The Morgan fingerprint density at radius 2 is 1.89 bits per heavy atom. The summed E-state index contributed by atoms with van der Waals surface area (Å²) < 4.78 is 37.5. The monoisotopic (exact) mass is 483 g/mol. The first-order chi connectivity index (χ1) is 16.8. The Kier molecular flexibility index (Phi) is 5.76. The van der Waals surface area contributed by atoms with Crippen molar-refractivity contribution in [1.82, 2.24) is 4.90 Å². The van der Waals surface area contributed by atoms with Gasteiger partial charge < -0.3 is 14.1 Å². The van der Waals surface area contributed by atoms with Crippen LogP contribution in [0.5, 0.6) is 5.75 Å². The Labute approximate surface area is 199 Å². The summed E-state index contributed by atoms with van der Waals surface area (Å²) in [6, 6.07) is 12.0. The number of methoxy groups -OCH3 is 1. The maximum absolute atomic E-state index is 13.6. The summed E-state index contributed by atoms with van der Waals surface area (Å²) in [5.74, 6) is -2.07. The van der Waals surface area contributed by atoms with Crippen molar-refractivity contribution in [2.45, 2.75) is 24.8 Å². The number of anilines is 1. The van der Waals surface area contributed by atoms with Crippen LogP contribution in [0.2, 0.25) is 0 Å². The number of piperidine rings is 1. The SMILES string of the molecule is COc1ccc2c(c1)C1(CCN(Cc3ccc(F)c(F)c3)CC1)CN2C(=O)c1ccc([N+](=O)[O-])o1. The number of benzene rings is 2. The predicted octanol–water partition coefficient (Wildman–Crippen LogP) is 4.67. The first kappa shape index (κ1) is 23.0. The average Bonchev–Trinajstić information content (AvgIpc) is 3.47. The number of fused-ring (bicyclic) bond motifs is 2. The summed E-state index contributed by atoms with van der Waals surface area (Å²) in [5.41, 5.74) is 2.08. The number of rotatable bonds is 5. The van der Waals surface area contributed by atoms with Crippen LogP contribution in [-0.2, 0) is 12.0 Å². The number of carbonyl (C=O) groups excluding carboxylic acids is 1. The van der Waals surface area contributed by atoms with Crippen molar-refractivity contribution < 1.29 is 27.7 Å². The van der Waals surface area contributed by atoms with Gasteiger partial charge in [0.2, 0.25) is 0 Å². The lowest BCUT2D eigenvalue weighted by molar-refractivity contribution is -0.402. The largest absolute Gasteiger partial charge is 0.497 e. The van der Waals surface area contributed by atoms with Crippen LogP contribution < -0.4 is 9.64 Å². The highest BCUT2D eigenvalue weighted by molar-refractivity contribution is 6.06. The van der Waals surface area contributed by atoms with E-state index >= 15 is 0 Å². The maximum atomic E-state index is 13.6. The van der Waals surface area contributed by atoms with Crippen LogP contribution in [-0.4, -0.2) is 42.5 Å². The molecular formula is C25H23F2N3O5. The number of carbonyl (C=O) groups is 1. The topological polar surface area (TPSA) is 89.1 Å². The summed E-state index contributed by atoms with van der Waals surface area (Å²) in [4.78, 5) is 27.4. The standard InChI is InChI=1S/C25H23F2N3O5/c1-34-17-3-5-21-18(13-17)25(15-29(21)24(31)22-6-7-23(35-22)30(32)33)8-10-28(11-9-25)14-16-2-4-19(26)20(27)12-16/h2-7,12-13H,8-11,14-15H2,1H3. The first-order valence-corrected chi connectivity index (χ1v) is 11.2. The summed E-state index contributed by atoms with van der Waals surface area (Å²) in [5, 5.41) is 11.0. The Hall–Kier alpha value is -3.79. The zero-order valence-electron chi connectivity index (χ0n) is 19.0. The Bertz CT molecular complexity index is 1300. The fourth-order valence-electron chi connectivity index (χ4n) is 5.09. The van der Waals surface area contributed by atoms with Crippen molar-refractivity contribution in [2.75, 3.05) is 31.6 Å². The van der Waals surface area contributed by atoms with E-state index in [4.69, 9.17) is 9.15 Å². The van der Waals surface area contributed by atoms with Gasteiger partial charge in [-0.2, -0.15) is 0 Å². The summed E-state index contributed by atoms with van der Waals surface area (Å²) >= 11 is 0. The van der Waals surface area contributed by atoms with Crippen LogP contribution in [0.4, 0.5) is 20.4 Å². The molecule has 8 nitrogen and oxygen atoms in total. The van der Waals surface area contributed by atoms with E-state index in [2.05, 4.69) is 4.90 Å². The van der Waals surface area contributed by atoms with Gasteiger partial charge in [0.05, 0.1) is 13.2 Å². The molecular weight excluding hydrogens is 460 g/mol. The molecule has 0 aliphatic carbocycles. The second-order valence-electron chi connectivity index (χ2n) is 8.97. The molecule has 1 saturated heterocycles. The number of nitro groups is 1. The fraction of sp³-hybridized carbons (Fsp3) is 0.320. The van der Waals surface area contributed by atoms with Gasteiger partial charge in [-0.3, -0.25) is 19.8 Å². The number of ether oxygens (including phenoxy) is 1. The van der Waals surface area contributed by atoms with E-state index in [-0.39, 0.29) is 11.2 Å². The third-order valence-electron chi connectivity index (χ3n) is 6.96. The molecule has 0 unspecified atom stereocenters. The second kappa shape index (κ2) is 8.77. The number of likely N-dealkylation sites (tertiary alicyclic amines) is 1. The van der Waals surface area contributed by atoms with E-state index in [0.29, 0.717) is 37.5 Å². The molecule has 2 aliphatic heterocycles. The van der Waals surface area contributed by atoms with Gasteiger partial charge in [-0.25, -0.2) is 8.78 Å². The average molecular weight is 483 g/mol. The number of nitrogens with zero attached hydrogens (tertiary/aromatic N) is 3. The number of hydrogen-bond acceptors (Lipinski definition) is 6. The molecule has 5 rings (SSSR count). The van der Waals surface area contributed by atoms with Crippen molar-refractivity contribution >= 4 is 17.5 Å². The van der Waals surface area contributed by atoms with Gasteiger partial charge in [-0.05, 0) is 73.5 Å². The van der Waals surface area contributed by atoms with Crippen molar-refractivity contribution in [3.63, 3.8) is 0 Å². The quantitative estimate of drug-likeness (QED) is 0.387. The molecule has 0 N–H and O–H groups in total. The van der Waals surface area contributed by atoms with E-state index < -0.39 is 28.3 Å². The van der Waals surface area contributed by atoms with Gasteiger partial charge in [0.15, 0.2) is 17.4 Å². The van der Waals surface area contributed by atoms with Gasteiger partial charge in [0, 0.05) is 24.2 Å². The summed E-state index contributed by atoms with van der Waals surface area (Å²) in [6.07, 6.45) is 1.47. The number of hydrogen-bond donors (Lipinski definition) is 0. The molecule has 0 bridgehead atoms. The Morgan fingerprint density at radius 1 is 1.11 bits per heavy atom. The molecule has 3 heterocycles. The molecule has 0 radical (unpaired) electrons. The molecule has 1 amide bonds. The zero-order chi connectivity index (χ0) is 24.7. The summed E-state index contributed by atoms with van der Waals surface area (Å²) in [7, 11) is 1.58. The smallest absolute Gasteiger partial charge is 0.433 e. The first-order valence-electron chi connectivity index (χ1n) is 11.2. The highest BCUT2D eigenvalue weighted by Gasteiger charge is 2.47. The normalized spacial score (nSPS) is 16.9. The molecule has 0 saturated carbocycles. The fourth-order valence-corrected chi connectivity index (χ4v) is 5.09. The molecule has 2 aliphatic rings. The molecule has 1 aromatic heterocycles. The van der Waals surface area contributed by atoms with Gasteiger partial charge in [-0.1, -0.05) is 6.07 Å². The van der Waals surface area contributed by atoms with Crippen LogP contribution in [0.3, 0.4) is 0 Å². The molecule has 1 spiro atoms. The van der Waals surface area contributed by atoms with Crippen LogP contribution >= 0.6 is 0 Å².